The van der Waals surface area contributed by atoms with Crippen LogP contribution in [-0.4, -0.2) is 35.8 Å². The molecular formula is C19H17NO5. The van der Waals surface area contributed by atoms with Crippen LogP contribution in [0, 0.1) is 0 Å². The van der Waals surface area contributed by atoms with Gasteiger partial charge in [0.25, 0.3) is 11.8 Å². The van der Waals surface area contributed by atoms with Gasteiger partial charge in [0.05, 0.1) is 18.2 Å². The molecule has 2 aromatic rings. The zero-order valence-corrected chi connectivity index (χ0v) is 13.9. The molecule has 2 amide bonds. The van der Waals surface area contributed by atoms with Crippen LogP contribution in [0.25, 0.3) is 0 Å². The van der Waals surface area contributed by atoms with Crippen LogP contribution < -0.4 is 4.74 Å². The Kier molecular flexibility index (Phi) is 4.52. The molecule has 0 bridgehead atoms. The molecule has 0 radical (unpaired) electrons. The SMILES string of the molecule is COc1ccc(COC(=O)C(C)N2C(=O)c3ccccc3C2=O)cc1. The first-order valence-electron chi connectivity index (χ1n) is 7.79. The van der Waals surface area contributed by atoms with Crippen LogP contribution >= 0.6 is 0 Å². The van der Waals surface area contributed by atoms with Gasteiger partial charge in [-0.2, -0.15) is 0 Å². The number of hydrogen-bond acceptors (Lipinski definition) is 5. The summed E-state index contributed by atoms with van der Waals surface area (Å²) in [5, 5.41) is 0. The first kappa shape index (κ1) is 16.7. The minimum atomic E-state index is -0.995. The maximum Gasteiger partial charge on any atom is 0.329 e. The van der Waals surface area contributed by atoms with Gasteiger partial charge in [0.1, 0.15) is 18.4 Å². The van der Waals surface area contributed by atoms with Gasteiger partial charge in [0.15, 0.2) is 0 Å². The molecule has 1 atom stereocenters. The Morgan fingerprint density at radius 1 is 1.00 bits per heavy atom. The van der Waals surface area contributed by atoms with Gasteiger partial charge < -0.3 is 9.47 Å². The summed E-state index contributed by atoms with van der Waals surface area (Å²) in [5.41, 5.74) is 1.40. The van der Waals surface area contributed by atoms with E-state index >= 15 is 0 Å². The first-order chi connectivity index (χ1) is 12.0. The maximum absolute atomic E-state index is 12.4. The van der Waals surface area contributed by atoms with E-state index in [1.807, 2.05) is 0 Å². The van der Waals surface area contributed by atoms with Gasteiger partial charge in [0, 0.05) is 0 Å². The van der Waals surface area contributed by atoms with Crippen molar-refractivity contribution < 1.29 is 23.9 Å². The summed E-state index contributed by atoms with van der Waals surface area (Å²) in [4.78, 5) is 38.0. The number of benzene rings is 2. The van der Waals surface area contributed by atoms with Crippen molar-refractivity contribution in [2.24, 2.45) is 0 Å². The fourth-order valence-corrected chi connectivity index (χ4v) is 2.66. The molecule has 0 fully saturated rings. The number of ether oxygens (including phenoxy) is 2. The zero-order chi connectivity index (χ0) is 18.0. The topological polar surface area (TPSA) is 72.9 Å². The number of carbonyl (C=O) groups excluding carboxylic acids is 3. The predicted octanol–water partition coefficient (Wildman–Crippen LogP) is 2.42. The molecule has 6 nitrogen and oxygen atoms in total. The number of amides is 2. The fraction of sp³-hybridized carbons (Fsp3) is 0.211. The highest BCUT2D eigenvalue weighted by atomic mass is 16.5. The van der Waals surface area contributed by atoms with Gasteiger partial charge in [-0.3, -0.25) is 14.5 Å². The van der Waals surface area contributed by atoms with E-state index in [0.29, 0.717) is 16.9 Å². The predicted molar refractivity (Wildman–Crippen MR) is 89.2 cm³/mol. The Labute approximate surface area is 145 Å². The molecule has 2 aromatic carbocycles. The maximum atomic E-state index is 12.4. The lowest BCUT2D eigenvalue weighted by Gasteiger charge is -2.20. The summed E-state index contributed by atoms with van der Waals surface area (Å²) >= 11 is 0. The molecule has 25 heavy (non-hydrogen) atoms. The molecule has 1 aliphatic rings. The minimum absolute atomic E-state index is 0.0519. The number of hydrogen-bond donors (Lipinski definition) is 0. The van der Waals surface area contributed by atoms with Crippen molar-refractivity contribution in [2.45, 2.75) is 19.6 Å². The van der Waals surface area contributed by atoms with Crippen LogP contribution in [0.2, 0.25) is 0 Å². The molecular weight excluding hydrogens is 322 g/mol. The first-order valence-corrected chi connectivity index (χ1v) is 7.79. The number of rotatable bonds is 5. The second kappa shape index (κ2) is 6.76. The van der Waals surface area contributed by atoms with Gasteiger partial charge >= 0.3 is 5.97 Å². The van der Waals surface area contributed by atoms with Gasteiger partial charge in [-0.15, -0.1) is 0 Å². The summed E-state index contributed by atoms with van der Waals surface area (Å²) in [6.45, 7) is 1.54. The highest BCUT2D eigenvalue weighted by Crippen LogP contribution is 2.25. The van der Waals surface area contributed by atoms with Crippen molar-refractivity contribution in [3.63, 3.8) is 0 Å². The smallest absolute Gasteiger partial charge is 0.329 e. The quantitative estimate of drug-likeness (QED) is 0.618. The molecule has 1 aliphatic heterocycles. The molecule has 0 aliphatic carbocycles. The van der Waals surface area contributed by atoms with Crippen LogP contribution in [0.4, 0.5) is 0 Å². The summed E-state index contributed by atoms with van der Waals surface area (Å²) in [6.07, 6.45) is 0. The average Bonchev–Trinajstić information content (AvgIpc) is 2.90. The molecule has 0 spiro atoms. The van der Waals surface area contributed by atoms with E-state index in [2.05, 4.69) is 0 Å². The van der Waals surface area contributed by atoms with E-state index in [1.165, 1.54) is 6.92 Å². The number of fused-ring (bicyclic) bond motifs is 1. The number of carbonyl (C=O) groups is 3. The van der Waals surface area contributed by atoms with Gasteiger partial charge in [0.2, 0.25) is 0 Å². The van der Waals surface area contributed by atoms with Crippen molar-refractivity contribution in [3.8, 4) is 5.75 Å². The number of nitrogens with zero attached hydrogens (tertiary/aromatic N) is 1. The standard InChI is InChI=1S/C19H17NO5/c1-12(19(23)25-11-13-7-9-14(24-2)10-8-13)20-17(21)15-5-3-4-6-16(15)18(20)22/h3-10,12H,11H2,1-2H3. The summed E-state index contributed by atoms with van der Waals surface area (Å²) < 4.78 is 10.3. The molecule has 1 heterocycles. The van der Waals surface area contributed by atoms with Gasteiger partial charge in [-0.05, 0) is 36.8 Å². The molecule has 0 saturated carbocycles. The molecule has 128 valence electrons. The highest BCUT2D eigenvalue weighted by molar-refractivity contribution is 6.22. The summed E-state index contributed by atoms with van der Waals surface area (Å²) in [6, 6.07) is 12.6. The highest BCUT2D eigenvalue weighted by Gasteiger charge is 2.41. The monoisotopic (exact) mass is 339 g/mol. The van der Waals surface area contributed by atoms with Crippen molar-refractivity contribution in [1.82, 2.24) is 4.90 Å². The van der Waals surface area contributed by atoms with E-state index in [1.54, 1.807) is 55.6 Å². The molecule has 0 saturated heterocycles. The second-order valence-electron chi connectivity index (χ2n) is 5.66. The largest absolute Gasteiger partial charge is 0.497 e. The van der Waals surface area contributed by atoms with Crippen molar-refractivity contribution in [1.29, 1.82) is 0 Å². The van der Waals surface area contributed by atoms with E-state index in [0.717, 1.165) is 10.5 Å². The number of imide groups is 1. The third-order valence-corrected chi connectivity index (χ3v) is 4.09. The van der Waals surface area contributed by atoms with Crippen LogP contribution in [0.3, 0.4) is 0 Å². The Hall–Kier alpha value is -3.15. The molecule has 6 heteroatoms. The lowest BCUT2D eigenvalue weighted by atomic mass is 10.1. The molecule has 3 rings (SSSR count). The second-order valence-corrected chi connectivity index (χ2v) is 5.66. The number of methoxy groups -OCH3 is 1. The Morgan fingerprint density at radius 3 is 2.08 bits per heavy atom. The summed E-state index contributed by atoms with van der Waals surface area (Å²) in [5.74, 6) is -0.885. The van der Waals surface area contributed by atoms with E-state index in [-0.39, 0.29) is 6.61 Å². The van der Waals surface area contributed by atoms with Crippen molar-refractivity contribution in [2.75, 3.05) is 7.11 Å². The lowest BCUT2D eigenvalue weighted by molar-refractivity contribution is -0.149. The Balaban J connectivity index is 1.66. The van der Waals surface area contributed by atoms with Crippen LogP contribution in [0.1, 0.15) is 33.2 Å². The van der Waals surface area contributed by atoms with Crippen molar-refractivity contribution >= 4 is 17.8 Å². The Morgan fingerprint density at radius 2 is 1.56 bits per heavy atom. The molecule has 0 aromatic heterocycles. The summed E-state index contributed by atoms with van der Waals surface area (Å²) in [7, 11) is 1.57. The van der Waals surface area contributed by atoms with Crippen LogP contribution in [0.5, 0.6) is 5.75 Å². The van der Waals surface area contributed by atoms with Crippen molar-refractivity contribution in [3.05, 3.63) is 65.2 Å². The van der Waals surface area contributed by atoms with Gasteiger partial charge in [-0.1, -0.05) is 24.3 Å². The third-order valence-electron chi connectivity index (χ3n) is 4.09. The third kappa shape index (κ3) is 3.10. The van der Waals surface area contributed by atoms with Gasteiger partial charge in [-0.25, -0.2) is 4.79 Å². The Bertz CT molecular complexity index is 793. The number of esters is 1. The van der Waals surface area contributed by atoms with Crippen LogP contribution in [-0.2, 0) is 16.1 Å². The fourth-order valence-electron chi connectivity index (χ4n) is 2.66. The van der Waals surface area contributed by atoms with E-state index in [4.69, 9.17) is 9.47 Å². The van der Waals surface area contributed by atoms with E-state index in [9.17, 15) is 14.4 Å². The molecule has 0 N–H and O–H groups in total. The molecule has 1 unspecified atom stereocenters. The average molecular weight is 339 g/mol. The zero-order valence-electron chi connectivity index (χ0n) is 13.9. The normalized spacial score (nSPS) is 14.2. The lowest BCUT2D eigenvalue weighted by Crippen LogP contribution is -2.43. The minimum Gasteiger partial charge on any atom is -0.497 e. The van der Waals surface area contributed by atoms with Crippen LogP contribution in [0.15, 0.2) is 48.5 Å². The van der Waals surface area contributed by atoms with E-state index < -0.39 is 23.8 Å².